The van der Waals surface area contributed by atoms with Gasteiger partial charge in [-0.2, -0.15) is 0 Å². The predicted molar refractivity (Wildman–Crippen MR) is 104 cm³/mol. The van der Waals surface area contributed by atoms with Crippen molar-refractivity contribution < 1.29 is 14.3 Å². The lowest BCUT2D eigenvalue weighted by Crippen LogP contribution is -2.33. The average Bonchev–Trinajstić information content (AvgIpc) is 2.61. The summed E-state index contributed by atoms with van der Waals surface area (Å²) in [4.78, 5) is 25.3. The minimum atomic E-state index is -0.348. The second-order valence-corrected chi connectivity index (χ2v) is 7.17. The third-order valence-electron chi connectivity index (χ3n) is 3.63. The van der Waals surface area contributed by atoms with Crippen molar-refractivity contribution in [2.75, 3.05) is 18.5 Å². The van der Waals surface area contributed by atoms with E-state index in [1.165, 1.54) is 0 Å². The van der Waals surface area contributed by atoms with Crippen LogP contribution in [0.3, 0.4) is 0 Å². The summed E-state index contributed by atoms with van der Waals surface area (Å²) in [5.41, 5.74) is 1.21. The van der Waals surface area contributed by atoms with Crippen LogP contribution in [0.2, 0.25) is 0 Å². The molecular formula is C21H26N2O3. The maximum Gasteiger partial charge on any atom is 0.256 e. The van der Waals surface area contributed by atoms with Gasteiger partial charge in [0, 0.05) is 6.54 Å². The monoisotopic (exact) mass is 354 g/mol. The van der Waals surface area contributed by atoms with E-state index in [1.54, 1.807) is 36.4 Å². The van der Waals surface area contributed by atoms with Crippen LogP contribution < -0.4 is 15.4 Å². The normalized spacial score (nSPS) is 10.9. The zero-order valence-corrected chi connectivity index (χ0v) is 15.8. The van der Waals surface area contributed by atoms with Gasteiger partial charge in [0.1, 0.15) is 5.75 Å². The number of hydrogen-bond acceptors (Lipinski definition) is 3. The van der Waals surface area contributed by atoms with Crippen LogP contribution in [0, 0.1) is 5.41 Å². The summed E-state index contributed by atoms with van der Waals surface area (Å²) >= 11 is 0. The number of ether oxygens (including phenoxy) is 1. The van der Waals surface area contributed by atoms with Crippen LogP contribution in [-0.2, 0) is 0 Å². The lowest BCUT2D eigenvalue weighted by atomic mass is 9.96. The van der Waals surface area contributed by atoms with E-state index in [9.17, 15) is 9.59 Å². The molecule has 0 aliphatic rings. The van der Waals surface area contributed by atoms with Gasteiger partial charge in [-0.25, -0.2) is 0 Å². The fourth-order valence-electron chi connectivity index (χ4n) is 2.36. The minimum absolute atomic E-state index is 0.0384. The number of rotatable bonds is 6. The SMILES string of the molecule is CCOc1ccccc1NC(=O)c1ccccc1C(=O)NCC(C)(C)C. The number of carbonyl (C=O) groups is 2. The molecule has 0 atom stereocenters. The standard InChI is InChI=1S/C21H26N2O3/c1-5-26-18-13-9-8-12-17(18)23-20(25)16-11-7-6-10-15(16)19(24)22-14-21(2,3)4/h6-13H,5,14H2,1-4H3,(H,22,24)(H,23,25). The van der Waals surface area contributed by atoms with Crippen molar-refractivity contribution in [1.82, 2.24) is 5.32 Å². The molecule has 0 aromatic heterocycles. The molecular weight excluding hydrogens is 328 g/mol. The van der Waals surface area contributed by atoms with Crippen LogP contribution in [-0.4, -0.2) is 25.0 Å². The van der Waals surface area contributed by atoms with E-state index in [1.807, 2.05) is 39.8 Å². The van der Waals surface area contributed by atoms with Crippen molar-refractivity contribution in [1.29, 1.82) is 0 Å². The molecule has 0 aliphatic heterocycles. The van der Waals surface area contributed by atoms with Gasteiger partial charge < -0.3 is 15.4 Å². The van der Waals surface area contributed by atoms with Crippen LogP contribution in [0.1, 0.15) is 48.4 Å². The Morgan fingerprint density at radius 3 is 2.12 bits per heavy atom. The molecule has 0 saturated carbocycles. The highest BCUT2D eigenvalue weighted by molar-refractivity contribution is 6.12. The molecule has 0 unspecified atom stereocenters. The van der Waals surface area contributed by atoms with Crippen LogP contribution >= 0.6 is 0 Å². The molecule has 0 aliphatic carbocycles. The van der Waals surface area contributed by atoms with Gasteiger partial charge in [0.25, 0.3) is 11.8 Å². The largest absolute Gasteiger partial charge is 0.492 e. The summed E-state index contributed by atoms with van der Waals surface area (Å²) in [5, 5.41) is 5.72. The van der Waals surface area contributed by atoms with Gasteiger partial charge in [-0.1, -0.05) is 45.0 Å². The first kappa shape index (κ1) is 19.5. The van der Waals surface area contributed by atoms with Crippen LogP contribution in [0.4, 0.5) is 5.69 Å². The highest BCUT2D eigenvalue weighted by atomic mass is 16.5. The first-order valence-electron chi connectivity index (χ1n) is 8.72. The van der Waals surface area contributed by atoms with E-state index in [2.05, 4.69) is 10.6 Å². The molecule has 0 saturated heterocycles. The van der Waals surface area contributed by atoms with E-state index in [0.717, 1.165) is 0 Å². The van der Waals surface area contributed by atoms with Crippen molar-refractivity contribution in [3.8, 4) is 5.75 Å². The van der Waals surface area contributed by atoms with Crippen LogP contribution in [0.25, 0.3) is 0 Å². The maximum atomic E-state index is 12.8. The van der Waals surface area contributed by atoms with Gasteiger partial charge in [-0.05, 0) is 36.6 Å². The second kappa shape index (κ2) is 8.52. The van der Waals surface area contributed by atoms with E-state index in [-0.39, 0.29) is 17.2 Å². The Morgan fingerprint density at radius 2 is 1.50 bits per heavy atom. The first-order chi connectivity index (χ1) is 12.3. The topological polar surface area (TPSA) is 67.4 Å². The van der Waals surface area contributed by atoms with Gasteiger partial charge in [0.2, 0.25) is 0 Å². The Balaban J connectivity index is 2.21. The van der Waals surface area contributed by atoms with E-state index >= 15 is 0 Å². The summed E-state index contributed by atoms with van der Waals surface area (Å²) < 4.78 is 5.53. The maximum absolute atomic E-state index is 12.8. The molecule has 0 fully saturated rings. The average molecular weight is 354 g/mol. The third kappa shape index (κ3) is 5.34. The van der Waals surface area contributed by atoms with Crippen LogP contribution in [0.5, 0.6) is 5.75 Å². The molecule has 2 aromatic carbocycles. The predicted octanol–water partition coefficient (Wildman–Crippen LogP) is 4.11. The summed E-state index contributed by atoms with van der Waals surface area (Å²) in [6, 6.07) is 14.0. The molecule has 0 heterocycles. The lowest BCUT2D eigenvalue weighted by molar-refractivity contribution is 0.0928. The number of nitrogens with one attached hydrogen (secondary N) is 2. The van der Waals surface area contributed by atoms with Crippen molar-refractivity contribution in [3.05, 3.63) is 59.7 Å². The number of amides is 2. The number of carbonyl (C=O) groups excluding carboxylic acids is 2. The zero-order chi connectivity index (χ0) is 19.2. The number of para-hydroxylation sites is 2. The second-order valence-electron chi connectivity index (χ2n) is 7.17. The molecule has 138 valence electrons. The summed E-state index contributed by atoms with van der Waals surface area (Å²) in [6.07, 6.45) is 0. The molecule has 2 aromatic rings. The molecule has 2 rings (SSSR count). The highest BCUT2D eigenvalue weighted by Gasteiger charge is 2.19. The van der Waals surface area contributed by atoms with Crippen molar-refractivity contribution in [2.45, 2.75) is 27.7 Å². The molecule has 0 radical (unpaired) electrons. The quantitative estimate of drug-likeness (QED) is 0.820. The van der Waals surface area contributed by atoms with Gasteiger partial charge in [-0.3, -0.25) is 9.59 Å². The minimum Gasteiger partial charge on any atom is -0.492 e. The molecule has 0 spiro atoms. The Kier molecular flexibility index (Phi) is 6.39. The Morgan fingerprint density at radius 1 is 0.923 bits per heavy atom. The van der Waals surface area contributed by atoms with E-state index in [4.69, 9.17) is 4.74 Å². The summed E-state index contributed by atoms with van der Waals surface area (Å²) in [7, 11) is 0. The molecule has 0 bridgehead atoms. The Bertz CT molecular complexity index is 779. The lowest BCUT2D eigenvalue weighted by Gasteiger charge is -2.19. The number of benzene rings is 2. The van der Waals surface area contributed by atoms with Gasteiger partial charge in [0.05, 0.1) is 23.4 Å². The molecule has 5 nitrogen and oxygen atoms in total. The Labute approximate surface area is 154 Å². The first-order valence-corrected chi connectivity index (χ1v) is 8.72. The van der Waals surface area contributed by atoms with Gasteiger partial charge >= 0.3 is 0 Å². The van der Waals surface area contributed by atoms with Gasteiger partial charge in [0.15, 0.2) is 0 Å². The smallest absolute Gasteiger partial charge is 0.256 e. The number of hydrogen-bond donors (Lipinski definition) is 2. The zero-order valence-electron chi connectivity index (χ0n) is 15.8. The van der Waals surface area contributed by atoms with Gasteiger partial charge in [-0.15, -0.1) is 0 Å². The van der Waals surface area contributed by atoms with E-state index < -0.39 is 0 Å². The van der Waals surface area contributed by atoms with Crippen LogP contribution in [0.15, 0.2) is 48.5 Å². The Hall–Kier alpha value is -2.82. The molecule has 2 amide bonds. The van der Waals surface area contributed by atoms with Crippen molar-refractivity contribution in [3.63, 3.8) is 0 Å². The molecule has 26 heavy (non-hydrogen) atoms. The fourth-order valence-corrected chi connectivity index (χ4v) is 2.36. The summed E-state index contributed by atoms with van der Waals surface area (Å²) in [6.45, 7) is 9.02. The molecule has 5 heteroatoms. The third-order valence-corrected chi connectivity index (χ3v) is 3.63. The fraction of sp³-hybridized carbons (Fsp3) is 0.333. The highest BCUT2D eigenvalue weighted by Crippen LogP contribution is 2.24. The van der Waals surface area contributed by atoms with Crippen molar-refractivity contribution >= 4 is 17.5 Å². The van der Waals surface area contributed by atoms with E-state index in [0.29, 0.717) is 35.7 Å². The number of anilines is 1. The molecule has 2 N–H and O–H groups in total. The summed E-state index contributed by atoms with van der Waals surface area (Å²) in [5.74, 6) is -0.0135. The van der Waals surface area contributed by atoms with Crippen molar-refractivity contribution in [2.24, 2.45) is 5.41 Å².